The molecule has 1 amide bonds. The van der Waals surface area contributed by atoms with E-state index in [0.29, 0.717) is 6.54 Å². The van der Waals surface area contributed by atoms with E-state index in [4.69, 9.17) is 0 Å². The number of nitrogens with one attached hydrogen (secondary N) is 2. The molecular formula is C13H20N2O4S. The van der Waals surface area contributed by atoms with Crippen molar-refractivity contribution in [2.24, 2.45) is 0 Å². The zero-order valence-corrected chi connectivity index (χ0v) is 12.6. The van der Waals surface area contributed by atoms with Crippen LogP contribution in [0.3, 0.4) is 0 Å². The summed E-state index contributed by atoms with van der Waals surface area (Å²) in [6.07, 6.45) is 0. The third-order valence-electron chi connectivity index (χ3n) is 2.47. The summed E-state index contributed by atoms with van der Waals surface area (Å²) in [5.41, 5.74) is -0.306. The fourth-order valence-corrected chi connectivity index (χ4v) is 2.57. The van der Waals surface area contributed by atoms with Gasteiger partial charge in [-0.1, -0.05) is 12.1 Å². The Hall–Kier alpha value is -1.44. The molecule has 0 aliphatic heterocycles. The predicted octanol–water partition coefficient (Wildman–Crippen LogP) is 0.372. The Morgan fingerprint density at radius 3 is 2.25 bits per heavy atom. The minimum Gasteiger partial charge on any atom is -0.389 e. The molecule has 112 valence electrons. The summed E-state index contributed by atoms with van der Waals surface area (Å²) in [4.78, 5) is 10.9. The molecule has 0 heterocycles. The molecule has 20 heavy (non-hydrogen) atoms. The van der Waals surface area contributed by atoms with E-state index >= 15 is 0 Å². The SMILES string of the molecule is CC(=O)NCc1ccc(S(=O)(=O)NCC(C)(C)O)cc1. The molecule has 0 spiro atoms. The number of carbonyl (C=O) groups is 1. The maximum absolute atomic E-state index is 12.0. The van der Waals surface area contributed by atoms with E-state index in [1.807, 2.05) is 0 Å². The molecule has 0 aliphatic rings. The minimum atomic E-state index is -3.64. The second-order valence-electron chi connectivity index (χ2n) is 5.19. The zero-order valence-electron chi connectivity index (χ0n) is 11.8. The topological polar surface area (TPSA) is 95.5 Å². The smallest absolute Gasteiger partial charge is 0.240 e. The number of sulfonamides is 1. The van der Waals surface area contributed by atoms with Crippen LogP contribution >= 0.6 is 0 Å². The number of hydrogen-bond donors (Lipinski definition) is 3. The Balaban J connectivity index is 2.74. The van der Waals surface area contributed by atoms with Crippen LogP contribution in [0.15, 0.2) is 29.2 Å². The van der Waals surface area contributed by atoms with Gasteiger partial charge in [-0.2, -0.15) is 0 Å². The van der Waals surface area contributed by atoms with Crippen LogP contribution in [-0.4, -0.2) is 31.6 Å². The summed E-state index contributed by atoms with van der Waals surface area (Å²) < 4.78 is 26.3. The lowest BCUT2D eigenvalue weighted by Crippen LogP contribution is -2.38. The molecule has 1 rings (SSSR count). The molecule has 0 aromatic heterocycles. The van der Waals surface area contributed by atoms with Crippen molar-refractivity contribution in [2.75, 3.05) is 6.54 Å². The highest BCUT2D eigenvalue weighted by Gasteiger charge is 2.19. The highest BCUT2D eigenvalue weighted by molar-refractivity contribution is 7.89. The standard InChI is InChI=1S/C13H20N2O4S/c1-10(16)14-8-11-4-6-12(7-5-11)20(18,19)15-9-13(2,3)17/h4-7,15,17H,8-9H2,1-3H3,(H,14,16). The average Bonchev–Trinajstić information content (AvgIpc) is 2.34. The quantitative estimate of drug-likeness (QED) is 0.707. The molecule has 0 radical (unpaired) electrons. The summed E-state index contributed by atoms with van der Waals surface area (Å²) in [5.74, 6) is -0.145. The van der Waals surface area contributed by atoms with Gasteiger partial charge >= 0.3 is 0 Å². The molecule has 6 nitrogen and oxygen atoms in total. The van der Waals surface area contributed by atoms with Crippen LogP contribution in [0.4, 0.5) is 0 Å². The molecule has 0 saturated carbocycles. The molecule has 1 aromatic rings. The Morgan fingerprint density at radius 1 is 1.25 bits per heavy atom. The first-order valence-electron chi connectivity index (χ1n) is 6.15. The second-order valence-corrected chi connectivity index (χ2v) is 6.96. The second kappa shape index (κ2) is 6.34. The molecular weight excluding hydrogens is 280 g/mol. The van der Waals surface area contributed by atoms with E-state index in [1.54, 1.807) is 12.1 Å². The molecule has 0 bridgehead atoms. The third kappa shape index (κ3) is 5.68. The van der Waals surface area contributed by atoms with Crippen molar-refractivity contribution >= 4 is 15.9 Å². The summed E-state index contributed by atoms with van der Waals surface area (Å²) >= 11 is 0. The van der Waals surface area contributed by atoms with Gasteiger partial charge in [-0.15, -0.1) is 0 Å². The van der Waals surface area contributed by atoms with Crippen LogP contribution in [-0.2, 0) is 21.4 Å². The van der Waals surface area contributed by atoms with Crippen molar-refractivity contribution in [3.63, 3.8) is 0 Å². The molecule has 1 aromatic carbocycles. The monoisotopic (exact) mass is 300 g/mol. The normalized spacial score (nSPS) is 12.2. The largest absolute Gasteiger partial charge is 0.389 e. The van der Waals surface area contributed by atoms with Gasteiger partial charge in [0.2, 0.25) is 15.9 Å². The van der Waals surface area contributed by atoms with Crippen LogP contribution < -0.4 is 10.0 Å². The summed E-state index contributed by atoms with van der Waals surface area (Å²) in [6.45, 7) is 4.74. The fraction of sp³-hybridized carbons (Fsp3) is 0.462. The third-order valence-corrected chi connectivity index (χ3v) is 3.89. The maximum atomic E-state index is 12.0. The van der Waals surface area contributed by atoms with E-state index in [-0.39, 0.29) is 17.3 Å². The highest BCUT2D eigenvalue weighted by atomic mass is 32.2. The van der Waals surface area contributed by atoms with Gasteiger partial charge in [0.25, 0.3) is 0 Å². The van der Waals surface area contributed by atoms with Gasteiger partial charge in [-0.3, -0.25) is 4.79 Å². The van der Waals surface area contributed by atoms with Gasteiger partial charge in [0.05, 0.1) is 10.5 Å². The van der Waals surface area contributed by atoms with Crippen LogP contribution in [0.1, 0.15) is 26.3 Å². The number of hydrogen-bond acceptors (Lipinski definition) is 4. The van der Waals surface area contributed by atoms with Crippen LogP contribution in [0.25, 0.3) is 0 Å². The number of amides is 1. The Kier molecular flexibility index (Phi) is 5.27. The Morgan fingerprint density at radius 2 is 1.80 bits per heavy atom. The Bertz CT molecular complexity index is 559. The number of carbonyl (C=O) groups excluding carboxylic acids is 1. The minimum absolute atomic E-state index is 0.0665. The van der Waals surface area contributed by atoms with Gasteiger partial charge in [-0.05, 0) is 31.5 Å². The zero-order chi connectivity index (χ0) is 15.4. The van der Waals surface area contributed by atoms with Gasteiger partial charge in [0, 0.05) is 20.0 Å². The lowest BCUT2D eigenvalue weighted by molar-refractivity contribution is -0.119. The number of benzene rings is 1. The molecule has 0 saturated heterocycles. The summed E-state index contributed by atoms with van der Waals surface area (Å²) in [5, 5.41) is 12.2. The van der Waals surface area contributed by atoms with Gasteiger partial charge < -0.3 is 10.4 Å². The fourth-order valence-electron chi connectivity index (χ4n) is 1.37. The van der Waals surface area contributed by atoms with E-state index in [1.165, 1.54) is 32.9 Å². The first-order chi connectivity index (χ1) is 9.10. The summed E-state index contributed by atoms with van der Waals surface area (Å²) in [6, 6.07) is 6.19. The van der Waals surface area contributed by atoms with Crippen molar-refractivity contribution in [1.29, 1.82) is 0 Å². The molecule has 0 aliphatic carbocycles. The lowest BCUT2D eigenvalue weighted by atomic mass is 10.1. The molecule has 7 heteroatoms. The van der Waals surface area contributed by atoms with Crippen LogP contribution in [0.2, 0.25) is 0 Å². The number of rotatable bonds is 6. The lowest BCUT2D eigenvalue weighted by Gasteiger charge is -2.17. The van der Waals surface area contributed by atoms with Gasteiger partial charge in [-0.25, -0.2) is 13.1 Å². The first-order valence-corrected chi connectivity index (χ1v) is 7.64. The molecule has 3 N–H and O–H groups in total. The van der Waals surface area contributed by atoms with Crippen molar-refractivity contribution < 1.29 is 18.3 Å². The molecule has 0 atom stereocenters. The van der Waals surface area contributed by atoms with E-state index in [2.05, 4.69) is 10.0 Å². The average molecular weight is 300 g/mol. The van der Waals surface area contributed by atoms with Crippen LogP contribution in [0.5, 0.6) is 0 Å². The van der Waals surface area contributed by atoms with Gasteiger partial charge in [0.1, 0.15) is 0 Å². The van der Waals surface area contributed by atoms with Crippen molar-refractivity contribution in [3.8, 4) is 0 Å². The van der Waals surface area contributed by atoms with E-state index in [9.17, 15) is 18.3 Å². The highest BCUT2D eigenvalue weighted by Crippen LogP contribution is 2.11. The first kappa shape index (κ1) is 16.6. The van der Waals surface area contributed by atoms with E-state index < -0.39 is 15.6 Å². The van der Waals surface area contributed by atoms with Crippen molar-refractivity contribution in [2.45, 2.75) is 37.8 Å². The number of aliphatic hydroxyl groups is 1. The molecule has 0 unspecified atom stereocenters. The Labute approximate surface area is 119 Å². The van der Waals surface area contributed by atoms with Gasteiger partial charge in [0.15, 0.2) is 0 Å². The van der Waals surface area contributed by atoms with Crippen molar-refractivity contribution in [3.05, 3.63) is 29.8 Å². The summed E-state index contributed by atoms with van der Waals surface area (Å²) in [7, 11) is -3.64. The maximum Gasteiger partial charge on any atom is 0.240 e. The molecule has 0 fully saturated rings. The van der Waals surface area contributed by atoms with Crippen LogP contribution in [0, 0.1) is 0 Å². The van der Waals surface area contributed by atoms with E-state index in [0.717, 1.165) is 5.56 Å². The van der Waals surface area contributed by atoms with Crippen molar-refractivity contribution in [1.82, 2.24) is 10.0 Å². The predicted molar refractivity (Wildman–Crippen MR) is 75.4 cm³/mol.